The lowest BCUT2D eigenvalue weighted by molar-refractivity contribution is 0.124. The number of benzene rings is 1. The molecule has 2 heterocycles. The van der Waals surface area contributed by atoms with Crippen LogP contribution in [-0.2, 0) is 15.8 Å². The minimum atomic E-state index is -3.37. The van der Waals surface area contributed by atoms with Crippen molar-refractivity contribution in [3.63, 3.8) is 0 Å². The molecule has 1 saturated heterocycles. The Morgan fingerprint density at radius 1 is 1.19 bits per heavy atom. The number of hydrogen-bond acceptors (Lipinski definition) is 5. The summed E-state index contributed by atoms with van der Waals surface area (Å²) in [6.45, 7) is 6.57. The lowest BCUT2D eigenvalue weighted by Crippen LogP contribution is -2.44. The van der Waals surface area contributed by atoms with E-state index >= 15 is 0 Å². The maximum Gasteiger partial charge on any atom is 0.218 e. The fourth-order valence-corrected chi connectivity index (χ4v) is 4.86. The van der Waals surface area contributed by atoms with Gasteiger partial charge in [-0.3, -0.25) is 0 Å². The van der Waals surface area contributed by atoms with Gasteiger partial charge in [-0.1, -0.05) is 29.8 Å². The molecule has 26 heavy (non-hydrogen) atoms. The fourth-order valence-electron chi connectivity index (χ4n) is 3.27. The van der Waals surface area contributed by atoms with Gasteiger partial charge < -0.3 is 4.74 Å². The van der Waals surface area contributed by atoms with Crippen LogP contribution in [0.1, 0.15) is 35.5 Å². The summed E-state index contributed by atoms with van der Waals surface area (Å²) < 4.78 is 33.1. The second-order valence-electron chi connectivity index (χ2n) is 6.88. The van der Waals surface area contributed by atoms with E-state index in [2.05, 4.69) is 9.97 Å². The molecule has 140 valence electrons. The predicted molar refractivity (Wildman–Crippen MR) is 101 cm³/mol. The Kier molecular flexibility index (Phi) is 5.58. The van der Waals surface area contributed by atoms with Gasteiger partial charge in [-0.2, -0.15) is 9.29 Å². The van der Waals surface area contributed by atoms with Crippen LogP contribution < -0.4 is 4.74 Å². The van der Waals surface area contributed by atoms with Crippen LogP contribution in [0.2, 0.25) is 0 Å². The monoisotopic (exact) mass is 375 g/mol. The van der Waals surface area contributed by atoms with Gasteiger partial charge in [-0.25, -0.2) is 13.4 Å². The molecule has 2 aromatic rings. The largest absolute Gasteiger partial charge is 0.473 e. The van der Waals surface area contributed by atoms with Gasteiger partial charge in [0.2, 0.25) is 15.9 Å². The van der Waals surface area contributed by atoms with Crippen molar-refractivity contribution in [1.29, 1.82) is 0 Å². The smallest absolute Gasteiger partial charge is 0.218 e. The van der Waals surface area contributed by atoms with Crippen LogP contribution in [0.5, 0.6) is 5.88 Å². The summed E-state index contributed by atoms with van der Waals surface area (Å²) in [7, 11) is -3.37. The molecule has 1 aliphatic heterocycles. The molecule has 1 aliphatic rings. The molecule has 1 aromatic carbocycles. The van der Waals surface area contributed by atoms with Gasteiger partial charge in [0.25, 0.3) is 0 Å². The SMILES string of the molecule is Cc1cccc(CS(=O)(=O)N2CCCC(Oc3cc(C)nc(C)n3)C2)c1. The third-order valence-corrected chi connectivity index (χ3v) is 6.21. The van der Waals surface area contributed by atoms with Crippen LogP contribution in [-0.4, -0.2) is 41.9 Å². The van der Waals surface area contributed by atoms with Gasteiger partial charge in [-0.05, 0) is 39.2 Å². The molecule has 1 unspecified atom stereocenters. The van der Waals surface area contributed by atoms with Crippen molar-refractivity contribution in [2.24, 2.45) is 0 Å². The van der Waals surface area contributed by atoms with Gasteiger partial charge in [0, 0.05) is 18.3 Å². The minimum Gasteiger partial charge on any atom is -0.473 e. The van der Waals surface area contributed by atoms with Crippen LogP contribution in [0.25, 0.3) is 0 Å². The van der Waals surface area contributed by atoms with E-state index in [9.17, 15) is 8.42 Å². The van der Waals surface area contributed by atoms with E-state index in [-0.39, 0.29) is 11.9 Å². The highest BCUT2D eigenvalue weighted by atomic mass is 32.2. The second kappa shape index (κ2) is 7.72. The summed E-state index contributed by atoms with van der Waals surface area (Å²) in [5.41, 5.74) is 2.72. The molecule has 0 saturated carbocycles. The standard InChI is InChI=1S/C19H25N3O3S/c1-14-6-4-7-17(10-14)13-26(23,24)22-9-5-8-18(12-22)25-19-11-15(2)20-16(3)21-19/h4,6-7,10-11,18H,5,8-9,12-13H2,1-3H3. The normalized spacial score (nSPS) is 18.7. The van der Waals surface area contributed by atoms with Crippen molar-refractivity contribution < 1.29 is 13.2 Å². The minimum absolute atomic E-state index is 0.0210. The average Bonchev–Trinajstić information content (AvgIpc) is 2.53. The lowest BCUT2D eigenvalue weighted by atomic mass is 10.1. The molecule has 3 rings (SSSR count). The van der Waals surface area contributed by atoms with Crippen LogP contribution in [0.15, 0.2) is 30.3 Å². The van der Waals surface area contributed by atoms with E-state index in [1.807, 2.05) is 45.0 Å². The van der Waals surface area contributed by atoms with Crippen LogP contribution in [0, 0.1) is 20.8 Å². The number of rotatable bonds is 5. The van der Waals surface area contributed by atoms with Gasteiger partial charge in [0.05, 0.1) is 12.3 Å². The predicted octanol–water partition coefficient (Wildman–Crippen LogP) is 2.78. The molecule has 1 fully saturated rings. The number of piperidine rings is 1. The van der Waals surface area contributed by atoms with E-state index in [0.717, 1.165) is 29.7 Å². The zero-order valence-electron chi connectivity index (χ0n) is 15.5. The molecule has 0 aliphatic carbocycles. The van der Waals surface area contributed by atoms with E-state index in [0.29, 0.717) is 24.8 Å². The number of sulfonamides is 1. The first-order valence-electron chi connectivity index (χ1n) is 8.84. The molecule has 6 nitrogen and oxygen atoms in total. The average molecular weight is 375 g/mol. The second-order valence-corrected chi connectivity index (χ2v) is 8.85. The summed E-state index contributed by atoms with van der Waals surface area (Å²) in [6.07, 6.45) is 1.41. The Morgan fingerprint density at radius 2 is 2.00 bits per heavy atom. The highest BCUT2D eigenvalue weighted by Gasteiger charge is 2.30. The molecule has 0 bridgehead atoms. The van der Waals surface area contributed by atoms with Crippen molar-refractivity contribution in [2.45, 2.75) is 45.5 Å². The summed E-state index contributed by atoms with van der Waals surface area (Å²) in [6, 6.07) is 9.42. The van der Waals surface area contributed by atoms with E-state index in [1.165, 1.54) is 0 Å². The van der Waals surface area contributed by atoms with E-state index in [4.69, 9.17) is 4.74 Å². The summed E-state index contributed by atoms with van der Waals surface area (Å²) in [5.74, 6) is 1.19. The Balaban J connectivity index is 1.69. The third kappa shape index (κ3) is 4.80. The summed E-state index contributed by atoms with van der Waals surface area (Å²) in [4.78, 5) is 8.53. The van der Waals surface area contributed by atoms with Crippen LogP contribution in [0.3, 0.4) is 0 Å². The molecular weight excluding hydrogens is 350 g/mol. The van der Waals surface area contributed by atoms with Crippen LogP contribution in [0.4, 0.5) is 0 Å². The molecule has 0 spiro atoms. The number of hydrogen-bond donors (Lipinski definition) is 0. The van der Waals surface area contributed by atoms with E-state index in [1.54, 1.807) is 10.4 Å². The number of ether oxygens (including phenoxy) is 1. The van der Waals surface area contributed by atoms with Gasteiger partial charge in [0.15, 0.2) is 0 Å². The highest BCUT2D eigenvalue weighted by molar-refractivity contribution is 7.88. The van der Waals surface area contributed by atoms with Crippen molar-refractivity contribution >= 4 is 10.0 Å². The molecule has 7 heteroatoms. The van der Waals surface area contributed by atoms with Crippen molar-refractivity contribution in [3.8, 4) is 5.88 Å². The Morgan fingerprint density at radius 3 is 2.73 bits per heavy atom. The fraction of sp³-hybridized carbons (Fsp3) is 0.474. The van der Waals surface area contributed by atoms with E-state index < -0.39 is 10.0 Å². The molecular formula is C19H25N3O3S. The molecule has 0 radical (unpaired) electrons. The van der Waals surface area contributed by atoms with Crippen LogP contribution >= 0.6 is 0 Å². The number of aromatic nitrogens is 2. The lowest BCUT2D eigenvalue weighted by Gasteiger charge is -2.32. The maximum atomic E-state index is 12.8. The van der Waals surface area contributed by atoms with Crippen molar-refractivity contribution in [2.75, 3.05) is 13.1 Å². The van der Waals surface area contributed by atoms with Crippen molar-refractivity contribution in [3.05, 3.63) is 53.0 Å². The maximum absolute atomic E-state index is 12.8. The third-order valence-electron chi connectivity index (χ3n) is 4.40. The molecule has 0 amide bonds. The first-order chi connectivity index (χ1) is 12.3. The first-order valence-corrected chi connectivity index (χ1v) is 10.4. The quantitative estimate of drug-likeness (QED) is 0.803. The zero-order valence-corrected chi connectivity index (χ0v) is 16.3. The number of nitrogens with zero attached hydrogens (tertiary/aromatic N) is 3. The first kappa shape index (κ1) is 18.8. The van der Waals surface area contributed by atoms with Gasteiger partial charge in [-0.15, -0.1) is 0 Å². The van der Waals surface area contributed by atoms with Gasteiger partial charge in [0.1, 0.15) is 11.9 Å². The number of aryl methyl sites for hydroxylation is 3. The molecule has 0 N–H and O–H groups in total. The summed E-state index contributed by atoms with van der Waals surface area (Å²) in [5, 5.41) is 0. The zero-order chi connectivity index (χ0) is 18.7. The molecule has 1 atom stereocenters. The van der Waals surface area contributed by atoms with Crippen molar-refractivity contribution in [1.82, 2.24) is 14.3 Å². The topological polar surface area (TPSA) is 72.4 Å². The Hall–Kier alpha value is -1.99. The summed E-state index contributed by atoms with van der Waals surface area (Å²) >= 11 is 0. The Bertz CT molecular complexity index is 863. The highest BCUT2D eigenvalue weighted by Crippen LogP contribution is 2.21. The Labute approximate surface area is 155 Å². The van der Waals surface area contributed by atoms with Gasteiger partial charge >= 0.3 is 0 Å². The molecule has 1 aromatic heterocycles.